The lowest BCUT2D eigenvalue weighted by Gasteiger charge is -2.10. The molecule has 4 amide bonds. The number of fused-ring (bicyclic) bond motifs is 1. The maximum atomic E-state index is 12.1. The van der Waals surface area contributed by atoms with Crippen molar-refractivity contribution in [2.24, 2.45) is 0 Å². The van der Waals surface area contributed by atoms with Crippen LogP contribution in [-0.4, -0.2) is 17.8 Å². The number of hydrogen-bond donors (Lipinski definition) is 3. The van der Waals surface area contributed by atoms with E-state index in [1.54, 1.807) is 60.7 Å². The molecule has 0 spiro atoms. The van der Waals surface area contributed by atoms with E-state index in [9.17, 15) is 14.4 Å². The van der Waals surface area contributed by atoms with Gasteiger partial charge in [-0.3, -0.25) is 14.9 Å². The summed E-state index contributed by atoms with van der Waals surface area (Å²) in [6, 6.07) is 17.8. The molecule has 0 unspecified atom stereocenters. The first-order valence-corrected chi connectivity index (χ1v) is 8.97. The fourth-order valence-corrected chi connectivity index (χ4v) is 3.00. The molecule has 4 rings (SSSR count). The van der Waals surface area contributed by atoms with Crippen LogP contribution in [0.3, 0.4) is 0 Å². The van der Waals surface area contributed by atoms with Crippen molar-refractivity contribution in [1.29, 1.82) is 0 Å². The zero-order chi connectivity index (χ0) is 20.4. The van der Waals surface area contributed by atoms with Crippen LogP contribution in [-0.2, 0) is 0 Å². The lowest BCUT2D eigenvalue weighted by molar-refractivity contribution is 0.0879. The number of nitrogens with one attached hydrogen (secondary N) is 3. The van der Waals surface area contributed by atoms with Gasteiger partial charge in [-0.15, -0.1) is 0 Å². The van der Waals surface area contributed by atoms with Gasteiger partial charge < -0.3 is 15.4 Å². The summed E-state index contributed by atoms with van der Waals surface area (Å²) in [7, 11) is 0. The maximum absolute atomic E-state index is 12.1. The van der Waals surface area contributed by atoms with Gasteiger partial charge in [0.25, 0.3) is 11.8 Å². The predicted octanol–water partition coefficient (Wildman–Crippen LogP) is 4.66. The molecule has 3 aromatic carbocycles. The Balaban J connectivity index is 1.39. The molecule has 1 aliphatic rings. The van der Waals surface area contributed by atoms with E-state index >= 15 is 0 Å². The number of rotatable bonds is 4. The van der Waals surface area contributed by atoms with Crippen molar-refractivity contribution >= 4 is 40.8 Å². The largest absolute Gasteiger partial charge is 0.457 e. The minimum absolute atomic E-state index is 0.281. The molecule has 8 heteroatoms. The number of ether oxygens (including phenoxy) is 1. The van der Waals surface area contributed by atoms with E-state index in [2.05, 4.69) is 16.0 Å². The SMILES string of the molecule is O=C(Nc1ccc(Oc2ccc3c(c2)C(=O)NC3=O)cc1)Nc1cccc(Cl)c1. The molecule has 144 valence electrons. The van der Waals surface area contributed by atoms with E-state index in [0.717, 1.165) is 0 Å². The Labute approximate surface area is 170 Å². The van der Waals surface area contributed by atoms with Gasteiger partial charge in [-0.2, -0.15) is 0 Å². The summed E-state index contributed by atoms with van der Waals surface area (Å²) in [5.41, 5.74) is 1.75. The second-order valence-electron chi connectivity index (χ2n) is 6.21. The summed E-state index contributed by atoms with van der Waals surface area (Å²) >= 11 is 5.89. The van der Waals surface area contributed by atoms with Crippen molar-refractivity contribution in [3.63, 3.8) is 0 Å². The summed E-state index contributed by atoms with van der Waals surface area (Å²) in [6.45, 7) is 0. The van der Waals surface area contributed by atoms with Crippen molar-refractivity contribution in [2.75, 3.05) is 10.6 Å². The van der Waals surface area contributed by atoms with Crippen LogP contribution in [0.4, 0.5) is 16.2 Å². The number of anilines is 2. The summed E-state index contributed by atoms with van der Waals surface area (Å²) in [5, 5.41) is 8.15. The molecule has 0 aliphatic carbocycles. The van der Waals surface area contributed by atoms with Crippen LogP contribution in [0.15, 0.2) is 66.7 Å². The second kappa shape index (κ2) is 7.65. The number of imide groups is 1. The quantitative estimate of drug-likeness (QED) is 0.548. The number of halogens is 1. The minimum atomic E-state index is -0.444. The Morgan fingerprint density at radius 1 is 0.793 bits per heavy atom. The predicted molar refractivity (Wildman–Crippen MR) is 109 cm³/mol. The van der Waals surface area contributed by atoms with E-state index in [1.807, 2.05) is 0 Å². The molecule has 0 saturated carbocycles. The third-order valence-electron chi connectivity index (χ3n) is 4.14. The Morgan fingerprint density at radius 3 is 2.24 bits per heavy atom. The molecule has 29 heavy (non-hydrogen) atoms. The normalized spacial score (nSPS) is 12.2. The number of benzene rings is 3. The highest BCUT2D eigenvalue weighted by molar-refractivity contribution is 6.30. The van der Waals surface area contributed by atoms with E-state index in [-0.39, 0.29) is 5.56 Å². The first-order chi connectivity index (χ1) is 14.0. The molecule has 3 aromatic rings. The van der Waals surface area contributed by atoms with Crippen LogP contribution >= 0.6 is 11.6 Å². The van der Waals surface area contributed by atoms with Crippen molar-refractivity contribution in [3.8, 4) is 11.5 Å². The molecule has 1 aliphatic heterocycles. The lowest BCUT2D eigenvalue weighted by Crippen LogP contribution is -2.19. The number of urea groups is 1. The second-order valence-corrected chi connectivity index (χ2v) is 6.64. The Morgan fingerprint density at radius 2 is 1.48 bits per heavy atom. The van der Waals surface area contributed by atoms with Gasteiger partial charge in [0.15, 0.2) is 0 Å². The zero-order valence-electron chi connectivity index (χ0n) is 14.9. The standard InChI is InChI=1S/C21H14ClN3O4/c22-12-2-1-3-14(10-12)24-21(28)23-13-4-6-15(7-5-13)29-16-8-9-17-18(11-16)20(27)25-19(17)26/h1-11H,(H2,23,24,28)(H,25,26,27). The Bertz CT molecular complexity index is 1130. The highest BCUT2D eigenvalue weighted by Gasteiger charge is 2.26. The lowest BCUT2D eigenvalue weighted by atomic mass is 10.1. The third-order valence-corrected chi connectivity index (χ3v) is 4.37. The number of carbonyl (C=O) groups excluding carboxylic acids is 3. The summed E-state index contributed by atoms with van der Waals surface area (Å²) < 4.78 is 5.72. The maximum Gasteiger partial charge on any atom is 0.323 e. The Hall–Kier alpha value is -3.84. The minimum Gasteiger partial charge on any atom is -0.457 e. The van der Waals surface area contributed by atoms with E-state index in [4.69, 9.17) is 16.3 Å². The van der Waals surface area contributed by atoms with Gasteiger partial charge >= 0.3 is 6.03 Å². The number of hydrogen-bond acceptors (Lipinski definition) is 4. The molecular weight excluding hydrogens is 394 g/mol. The molecule has 1 heterocycles. The van der Waals surface area contributed by atoms with E-state index in [1.165, 1.54) is 6.07 Å². The fraction of sp³-hybridized carbons (Fsp3) is 0. The molecule has 3 N–H and O–H groups in total. The monoisotopic (exact) mass is 407 g/mol. The topological polar surface area (TPSA) is 96.5 Å². The van der Waals surface area contributed by atoms with Crippen molar-refractivity contribution in [3.05, 3.63) is 82.9 Å². The average molecular weight is 408 g/mol. The van der Waals surface area contributed by atoms with Crippen LogP contribution < -0.4 is 20.7 Å². The highest BCUT2D eigenvalue weighted by Crippen LogP contribution is 2.27. The van der Waals surface area contributed by atoms with Crippen LogP contribution in [0.2, 0.25) is 5.02 Å². The highest BCUT2D eigenvalue weighted by atomic mass is 35.5. The summed E-state index contributed by atoms with van der Waals surface area (Å²) in [4.78, 5) is 35.4. The summed E-state index contributed by atoms with van der Waals surface area (Å²) in [5.74, 6) is 0.0761. The van der Waals surface area contributed by atoms with Gasteiger partial charge in [-0.25, -0.2) is 4.79 Å². The Kier molecular flexibility index (Phi) is 4.88. The van der Waals surface area contributed by atoms with Gasteiger partial charge in [0.2, 0.25) is 0 Å². The van der Waals surface area contributed by atoms with Gasteiger partial charge in [0.05, 0.1) is 11.1 Å². The van der Waals surface area contributed by atoms with Gasteiger partial charge in [-0.1, -0.05) is 17.7 Å². The zero-order valence-corrected chi connectivity index (χ0v) is 15.6. The molecular formula is C21H14ClN3O4. The van der Waals surface area contributed by atoms with Crippen LogP contribution in [0.5, 0.6) is 11.5 Å². The van der Waals surface area contributed by atoms with E-state index in [0.29, 0.717) is 33.5 Å². The van der Waals surface area contributed by atoms with Gasteiger partial charge in [0.1, 0.15) is 11.5 Å². The summed E-state index contributed by atoms with van der Waals surface area (Å²) in [6.07, 6.45) is 0. The van der Waals surface area contributed by atoms with Gasteiger partial charge in [0, 0.05) is 16.4 Å². The van der Waals surface area contributed by atoms with Gasteiger partial charge in [-0.05, 0) is 60.7 Å². The molecule has 0 atom stereocenters. The third kappa shape index (κ3) is 4.20. The average Bonchev–Trinajstić information content (AvgIpc) is 2.97. The van der Waals surface area contributed by atoms with E-state index < -0.39 is 17.8 Å². The molecule has 0 radical (unpaired) electrons. The number of carbonyl (C=O) groups is 3. The first-order valence-electron chi connectivity index (χ1n) is 8.59. The smallest absolute Gasteiger partial charge is 0.323 e. The van der Waals surface area contributed by atoms with Crippen molar-refractivity contribution < 1.29 is 19.1 Å². The molecule has 0 aromatic heterocycles. The fourth-order valence-electron chi connectivity index (χ4n) is 2.81. The molecule has 0 bridgehead atoms. The van der Waals surface area contributed by atoms with Crippen molar-refractivity contribution in [1.82, 2.24) is 5.32 Å². The van der Waals surface area contributed by atoms with Crippen LogP contribution in [0.25, 0.3) is 0 Å². The molecule has 0 fully saturated rings. The van der Waals surface area contributed by atoms with Crippen LogP contribution in [0.1, 0.15) is 20.7 Å². The molecule has 7 nitrogen and oxygen atoms in total. The van der Waals surface area contributed by atoms with Crippen LogP contribution in [0, 0.1) is 0 Å². The molecule has 0 saturated heterocycles. The van der Waals surface area contributed by atoms with Crippen molar-refractivity contribution in [2.45, 2.75) is 0 Å². The first kappa shape index (κ1) is 18.5. The number of amides is 4.